The summed E-state index contributed by atoms with van der Waals surface area (Å²) in [7, 11) is 0. The number of nitrogens with zero attached hydrogens (tertiary/aromatic N) is 1. The van der Waals surface area contributed by atoms with Gasteiger partial charge in [0.2, 0.25) is 0 Å². The van der Waals surface area contributed by atoms with Gasteiger partial charge in [0.15, 0.2) is 0 Å². The molecule has 0 fully saturated rings. The summed E-state index contributed by atoms with van der Waals surface area (Å²) in [6.07, 6.45) is 2.79. The first-order valence-electron chi connectivity index (χ1n) is 4.96. The molecule has 0 aliphatic rings. The van der Waals surface area contributed by atoms with Gasteiger partial charge in [-0.1, -0.05) is 49.3 Å². The zero-order chi connectivity index (χ0) is 10.2. The van der Waals surface area contributed by atoms with Crippen molar-refractivity contribution in [3.05, 3.63) is 35.9 Å². The van der Waals surface area contributed by atoms with Gasteiger partial charge in [-0.05, 0) is 17.9 Å². The lowest BCUT2D eigenvalue weighted by Gasteiger charge is -1.99. The Morgan fingerprint density at radius 3 is 2.64 bits per heavy atom. The van der Waals surface area contributed by atoms with Crippen molar-refractivity contribution < 1.29 is 4.84 Å². The van der Waals surface area contributed by atoms with Crippen molar-refractivity contribution in [2.75, 3.05) is 0 Å². The molecule has 0 unspecified atom stereocenters. The molecule has 0 saturated carbocycles. The lowest BCUT2D eigenvalue weighted by Crippen LogP contribution is -1.90. The van der Waals surface area contributed by atoms with Crippen molar-refractivity contribution in [2.24, 2.45) is 11.1 Å². The Balaban J connectivity index is 2.19. The van der Waals surface area contributed by atoms with Crippen LogP contribution in [0.1, 0.15) is 25.8 Å². The summed E-state index contributed by atoms with van der Waals surface area (Å²) in [6, 6.07) is 10.0. The molecule has 14 heavy (non-hydrogen) atoms. The van der Waals surface area contributed by atoms with E-state index in [4.69, 9.17) is 4.84 Å². The van der Waals surface area contributed by atoms with E-state index in [0.29, 0.717) is 12.5 Å². The number of rotatable bonds is 5. The Kier molecular flexibility index (Phi) is 4.76. The zero-order valence-corrected chi connectivity index (χ0v) is 8.81. The predicted molar refractivity (Wildman–Crippen MR) is 59.2 cm³/mol. The van der Waals surface area contributed by atoms with E-state index in [9.17, 15) is 0 Å². The molecule has 76 valence electrons. The fourth-order valence-electron chi connectivity index (χ4n) is 0.993. The third-order valence-electron chi connectivity index (χ3n) is 1.80. The molecule has 0 spiro atoms. The van der Waals surface area contributed by atoms with Crippen molar-refractivity contribution in [1.29, 1.82) is 0 Å². The molecule has 0 bridgehead atoms. The van der Waals surface area contributed by atoms with Crippen LogP contribution in [0.3, 0.4) is 0 Å². The molecule has 1 rings (SSSR count). The van der Waals surface area contributed by atoms with Crippen LogP contribution in [0, 0.1) is 5.92 Å². The molecule has 0 aliphatic carbocycles. The summed E-state index contributed by atoms with van der Waals surface area (Å²) < 4.78 is 0. The maximum atomic E-state index is 5.14. The predicted octanol–water partition coefficient (Wildman–Crippen LogP) is 3.24. The second-order valence-electron chi connectivity index (χ2n) is 3.68. The van der Waals surface area contributed by atoms with Crippen molar-refractivity contribution in [1.82, 2.24) is 0 Å². The Morgan fingerprint density at radius 1 is 1.29 bits per heavy atom. The Morgan fingerprint density at radius 2 is 2.00 bits per heavy atom. The van der Waals surface area contributed by atoms with Gasteiger partial charge in [0, 0.05) is 6.21 Å². The second-order valence-corrected chi connectivity index (χ2v) is 3.68. The fraction of sp³-hybridized carbons (Fsp3) is 0.417. The van der Waals surface area contributed by atoms with Gasteiger partial charge in [-0.15, -0.1) is 0 Å². The van der Waals surface area contributed by atoms with Gasteiger partial charge < -0.3 is 4.84 Å². The van der Waals surface area contributed by atoms with Crippen LogP contribution in [0.4, 0.5) is 0 Å². The highest BCUT2D eigenvalue weighted by atomic mass is 16.6. The van der Waals surface area contributed by atoms with E-state index in [1.165, 1.54) is 0 Å². The number of benzene rings is 1. The average Bonchev–Trinajstić information content (AvgIpc) is 2.18. The summed E-state index contributed by atoms with van der Waals surface area (Å²) in [5, 5.41) is 3.88. The molecule has 0 atom stereocenters. The van der Waals surface area contributed by atoms with E-state index >= 15 is 0 Å². The van der Waals surface area contributed by atoms with E-state index in [0.717, 1.165) is 12.0 Å². The molecule has 0 heterocycles. The van der Waals surface area contributed by atoms with Crippen molar-refractivity contribution in [2.45, 2.75) is 26.9 Å². The molecule has 0 amide bonds. The van der Waals surface area contributed by atoms with Crippen LogP contribution >= 0.6 is 0 Å². The Bertz CT molecular complexity index is 267. The minimum absolute atomic E-state index is 0.551. The molecular formula is C12H17NO. The minimum Gasteiger partial charge on any atom is -0.391 e. The maximum Gasteiger partial charge on any atom is 0.142 e. The van der Waals surface area contributed by atoms with E-state index in [2.05, 4.69) is 19.0 Å². The third-order valence-corrected chi connectivity index (χ3v) is 1.80. The number of oxime groups is 1. The lowest BCUT2D eigenvalue weighted by atomic mass is 10.2. The van der Waals surface area contributed by atoms with E-state index < -0.39 is 0 Å². The topological polar surface area (TPSA) is 21.6 Å². The van der Waals surface area contributed by atoms with Crippen LogP contribution in [0.25, 0.3) is 0 Å². The summed E-state index contributed by atoms with van der Waals surface area (Å²) in [5.41, 5.74) is 1.15. The molecular weight excluding hydrogens is 174 g/mol. The number of hydrogen-bond acceptors (Lipinski definition) is 2. The van der Waals surface area contributed by atoms with Crippen LogP contribution in [-0.4, -0.2) is 6.21 Å². The smallest absolute Gasteiger partial charge is 0.142 e. The van der Waals surface area contributed by atoms with Crippen LogP contribution < -0.4 is 0 Å². The summed E-state index contributed by atoms with van der Waals surface area (Å²) >= 11 is 0. The number of hydrogen-bond donors (Lipinski definition) is 0. The van der Waals surface area contributed by atoms with Crippen molar-refractivity contribution >= 4 is 6.21 Å². The highest BCUT2D eigenvalue weighted by Gasteiger charge is 1.90. The van der Waals surface area contributed by atoms with Gasteiger partial charge in [0.05, 0.1) is 0 Å². The van der Waals surface area contributed by atoms with Gasteiger partial charge >= 0.3 is 0 Å². The zero-order valence-electron chi connectivity index (χ0n) is 8.81. The maximum absolute atomic E-state index is 5.14. The van der Waals surface area contributed by atoms with Crippen molar-refractivity contribution in [3.63, 3.8) is 0 Å². The van der Waals surface area contributed by atoms with Crippen LogP contribution in [0.5, 0.6) is 0 Å². The molecule has 0 saturated heterocycles. The molecule has 0 aromatic heterocycles. The summed E-state index contributed by atoms with van der Waals surface area (Å²) in [6.45, 7) is 4.86. The first-order valence-corrected chi connectivity index (χ1v) is 4.96. The van der Waals surface area contributed by atoms with E-state index in [-0.39, 0.29) is 0 Å². The third kappa shape index (κ3) is 4.65. The quantitative estimate of drug-likeness (QED) is 0.517. The SMILES string of the molecule is CC(C)CC=NOCc1ccccc1. The molecule has 1 aromatic rings. The summed E-state index contributed by atoms with van der Waals surface area (Å²) in [5.74, 6) is 0.638. The standard InChI is InChI=1S/C12H17NO/c1-11(2)8-9-13-14-10-12-6-4-3-5-7-12/h3-7,9,11H,8,10H2,1-2H3. The normalized spacial score (nSPS) is 11.1. The monoisotopic (exact) mass is 191 g/mol. The van der Waals surface area contributed by atoms with Gasteiger partial charge in [-0.2, -0.15) is 0 Å². The summed E-state index contributed by atoms with van der Waals surface area (Å²) in [4.78, 5) is 5.14. The molecule has 1 aromatic carbocycles. The van der Waals surface area contributed by atoms with Crippen LogP contribution in [0.2, 0.25) is 0 Å². The average molecular weight is 191 g/mol. The highest BCUT2D eigenvalue weighted by Crippen LogP contribution is 2.01. The Hall–Kier alpha value is -1.31. The molecule has 2 nitrogen and oxygen atoms in total. The highest BCUT2D eigenvalue weighted by molar-refractivity contribution is 5.56. The molecule has 0 aliphatic heterocycles. The molecule has 2 heteroatoms. The van der Waals surface area contributed by atoms with Crippen molar-refractivity contribution in [3.8, 4) is 0 Å². The first-order chi connectivity index (χ1) is 6.79. The second kappa shape index (κ2) is 6.19. The first kappa shape index (κ1) is 10.8. The Labute approximate surface area is 85.6 Å². The van der Waals surface area contributed by atoms with Gasteiger partial charge in [-0.3, -0.25) is 0 Å². The van der Waals surface area contributed by atoms with E-state index in [1.807, 2.05) is 36.5 Å². The minimum atomic E-state index is 0.551. The fourth-order valence-corrected chi connectivity index (χ4v) is 0.993. The molecule has 0 radical (unpaired) electrons. The van der Waals surface area contributed by atoms with Gasteiger partial charge in [0.1, 0.15) is 6.61 Å². The van der Waals surface area contributed by atoms with Gasteiger partial charge in [-0.25, -0.2) is 0 Å². The molecule has 0 N–H and O–H groups in total. The van der Waals surface area contributed by atoms with Crippen LogP contribution in [-0.2, 0) is 11.4 Å². The lowest BCUT2D eigenvalue weighted by molar-refractivity contribution is 0.131. The van der Waals surface area contributed by atoms with Gasteiger partial charge in [0.25, 0.3) is 0 Å². The van der Waals surface area contributed by atoms with Crippen LogP contribution in [0.15, 0.2) is 35.5 Å². The largest absolute Gasteiger partial charge is 0.391 e. The van der Waals surface area contributed by atoms with E-state index in [1.54, 1.807) is 0 Å².